The summed E-state index contributed by atoms with van der Waals surface area (Å²) in [6, 6.07) is 6.19. The van der Waals surface area contributed by atoms with Gasteiger partial charge in [0.15, 0.2) is 0 Å². The van der Waals surface area contributed by atoms with Crippen LogP contribution in [0, 0.1) is 0 Å². The summed E-state index contributed by atoms with van der Waals surface area (Å²) in [5, 5.41) is 16.2. The van der Waals surface area contributed by atoms with E-state index in [4.69, 9.17) is 0 Å². The summed E-state index contributed by atoms with van der Waals surface area (Å²) in [7, 11) is 1.38. The van der Waals surface area contributed by atoms with Gasteiger partial charge in [-0.3, -0.25) is 4.68 Å². The molecule has 0 saturated heterocycles. The molecule has 0 saturated carbocycles. The average molecular weight is 333 g/mol. The van der Waals surface area contributed by atoms with Crippen molar-refractivity contribution in [2.75, 3.05) is 10.6 Å². The zero-order valence-corrected chi connectivity index (χ0v) is 12.5. The van der Waals surface area contributed by atoms with Crippen molar-refractivity contribution in [2.45, 2.75) is 6.43 Å². The summed E-state index contributed by atoms with van der Waals surface area (Å²) in [6.07, 6.45) is 1.61. The fraction of sp³-hybridized carbons (Fsp3) is 0.143. The van der Waals surface area contributed by atoms with Crippen molar-refractivity contribution in [1.29, 1.82) is 0 Å². The first-order valence-corrected chi connectivity index (χ1v) is 6.89. The van der Waals surface area contributed by atoms with E-state index in [2.05, 4.69) is 26.0 Å². The van der Waals surface area contributed by atoms with Crippen molar-refractivity contribution in [3.8, 4) is 5.69 Å². The van der Waals surface area contributed by atoms with Crippen LogP contribution in [0.2, 0.25) is 0 Å². The second-order valence-corrected chi connectivity index (χ2v) is 4.84. The fourth-order valence-electron chi connectivity index (χ4n) is 2.16. The minimum absolute atomic E-state index is 0.0440. The predicted octanol–water partition coefficient (Wildman–Crippen LogP) is 2.58. The second kappa shape index (κ2) is 6.44. The lowest BCUT2D eigenvalue weighted by Gasteiger charge is -2.09. The number of carbonyl (C=O) groups excluding carboxylic acids is 1. The largest absolute Gasteiger partial charge is 0.323 e. The number of benzene rings is 1. The normalized spacial score (nSPS) is 10.8. The number of amides is 2. The molecule has 1 aromatic carbocycles. The molecule has 124 valence electrons. The highest BCUT2D eigenvalue weighted by molar-refractivity contribution is 6.00. The van der Waals surface area contributed by atoms with Gasteiger partial charge in [0, 0.05) is 12.7 Å². The third-order valence-corrected chi connectivity index (χ3v) is 3.23. The molecule has 2 N–H and O–H groups in total. The van der Waals surface area contributed by atoms with Crippen molar-refractivity contribution in [1.82, 2.24) is 24.8 Å². The molecular formula is C14H13F2N7O. The predicted molar refractivity (Wildman–Crippen MR) is 82.2 cm³/mol. The van der Waals surface area contributed by atoms with E-state index in [1.165, 1.54) is 24.1 Å². The van der Waals surface area contributed by atoms with Gasteiger partial charge in [-0.15, -0.1) is 5.10 Å². The molecule has 0 radical (unpaired) electrons. The Morgan fingerprint density at radius 1 is 1.29 bits per heavy atom. The van der Waals surface area contributed by atoms with Crippen molar-refractivity contribution in [2.24, 2.45) is 7.05 Å². The summed E-state index contributed by atoms with van der Waals surface area (Å²) in [5.74, 6) is 0. The average Bonchev–Trinajstić information content (AvgIpc) is 3.17. The minimum Gasteiger partial charge on any atom is -0.308 e. The second-order valence-electron chi connectivity index (χ2n) is 4.84. The van der Waals surface area contributed by atoms with Crippen LogP contribution in [-0.2, 0) is 7.05 Å². The lowest BCUT2D eigenvalue weighted by atomic mass is 10.3. The molecule has 0 bridgehead atoms. The maximum absolute atomic E-state index is 13.0. The van der Waals surface area contributed by atoms with Gasteiger partial charge >= 0.3 is 6.03 Å². The van der Waals surface area contributed by atoms with Crippen molar-refractivity contribution < 1.29 is 13.6 Å². The highest BCUT2D eigenvalue weighted by Crippen LogP contribution is 2.26. The van der Waals surface area contributed by atoms with Crippen molar-refractivity contribution >= 4 is 17.4 Å². The molecule has 2 heterocycles. The lowest BCUT2D eigenvalue weighted by molar-refractivity contribution is 0.141. The monoisotopic (exact) mass is 333 g/mol. The molecule has 24 heavy (non-hydrogen) atoms. The van der Waals surface area contributed by atoms with Gasteiger partial charge in [-0.05, 0) is 18.2 Å². The maximum Gasteiger partial charge on any atom is 0.323 e. The number of hydrogen-bond donors (Lipinski definition) is 2. The van der Waals surface area contributed by atoms with Gasteiger partial charge in [0.1, 0.15) is 5.69 Å². The Bertz CT molecular complexity index is 845. The number of nitrogens with zero attached hydrogens (tertiary/aromatic N) is 5. The van der Waals surface area contributed by atoms with Gasteiger partial charge in [0.2, 0.25) is 0 Å². The number of aromatic nitrogens is 5. The Kier molecular flexibility index (Phi) is 4.18. The molecule has 0 aliphatic heterocycles. The molecule has 0 fully saturated rings. The molecular weight excluding hydrogens is 320 g/mol. The molecule has 0 aliphatic rings. The standard InChI is InChI=1S/C14H13F2N7O/c1-22-12(13(15)16)11(8-18-22)20-14(24)19-9-3-2-4-10(7-9)23-6-5-17-21-23/h2-8,13H,1H3,(H2,19,20,24). The minimum atomic E-state index is -2.75. The summed E-state index contributed by atoms with van der Waals surface area (Å²) in [6.45, 7) is 0. The van der Waals surface area contributed by atoms with E-state index in [-0.39, 0.29) is 11.4 Å². The molecule has 3 aromatic rings. The number of aryl methyl sites for hydroxylation is 1. The van der Waals surface area contributed by atoms with Crippen LogP contribution >= 0.6 is 0 Å². The molecule has 3 rings (SSSR count). The summed E-state index contributed by atoms with van der Waals surface area (Å²) in [5.41, 5.74) is 0.766. The van der Waals surface area contributed by atoms with Gasteiger partial charge < -0.3 is 10.6 Å². The van der Waals surface area contributed by atoms with E-state index in [0.29, 0.717) is 11.4 Å². The smallest absolute Gasteiger partial charge is 0.308 e. The molecule has 2 amide bonds. The Morgan fingerprint density at radius 2 is 2.12 bits per heavy atom. The van der Waals surface area contributed by atoms with E-state index >= 15 is 0 Å². The third kappa shape index (κ3) is 3.21. The SMILES string of the molecule is Cn1ncc(NC(=O)Nc2cccc(-n3ccnn3)c2)c1C(F)F. The van der Waals surface area contributed by atoms with E-state index in [9.17, 15) is 13.6 Å². The van der Waals surface area contributed by atoms with Gasteiger partial charge in [-0.25, -0.2) is 18.3 Å². The zero-order valence-electron chi connectivity index (χ0n) is 12.5. The van der Waals surface area contributed by atoms with Gasteiger partial charge in [0.05, 0.1) is 30.0 Å². The number of urea groups is 1. The van der Waals surface area contributed by atoms with E-state index in [1.54, 1.807) is 30.5 Å². The molecule has 2 aromatic heterocycles. The Hall–Kier alpha value is -3.30. The van der Waals surface area contributed by atoms with E-state index < -0.39 is 12.5 Å². The van der Waals surface area contributed by atoms with Crippen LogP contribution < -0.4 is 10.6 Å². The van der Waals surface area contributed by atoms with Crippen LogP contribution in [0.5, 0.6) is 0 Å². The topological polar surface area (TPSA) is 89.7 Å². The highest BCUT2D eigenvalue weighted by atomic mass is 19.3. The fourth-order valence-corrected chi connectivity index (χ4v) is 2.16. The molecule has 0 aliphatic carbocycles. The summed E-state index contributed by atoms with van der Waals surface area (Å²) < 4.78 is 28.5. The lowest BCUT2D eigenvalue weighted by Crippen LogP contribution is -2.20. The molecule has 0 atom stereocenters. The number of carbonyl (C=O) groups is 1. The quantitative estimate of drug-likeness (QED) is 0.768. The first-order valence-electron chi connectivity index (χ1n) is 6.89. The number of rotatable bonds is 4. The number of anilines is 2. The van der Waals surface area contributed by atoms with Crippen LogP contribution in [-0.4, -0.2) is 30.8 Å². The third-order valence-electron chi connectivity index (χ3n) is 3.23. The van der Waals surface area contributed by atoms with E-state index in [0.717, 1.165) is 4.68 Å². The summed E-state index contributed by atoms with van der Waals surface area (Å²) >= 11 is 0. The zero-order chi connectivity index (χ0) is 17.1. The maximum atomic E-state index is 13.0. The van der Waals surface area contributed by atoms with Gasteiger partial charge in [-0.1, -0.05) is 11.3 Å². The van der Waals surface area contributed by atoms with Crippen LogP contribution in [0.15, 0.2) is 42.9 Å². The van der Waals surface area contributed by atoms with Gasteiger partial charge in [0.25, 0.3) is 6.43 Å². The van der Waals surface area contributed by atoms with E-state index in [1.807, 2.05) is 0 Å². The van der Waals surface area contributed by atoms with Crippen LogP contribution in [0.25, 0.3) is 5.69 Å². The summed E-state index contributed by atoms with van der Waals surface area (Å²) in [4.78, 5) is 12.0. The van der Waals surface area contributed by atoms with Crippen LogP contribution in [0.1, 0.15) is 12.1 Å². The van der Waals surface area contributed by atoms with Gasteiger partial charge in [-0.2, -0.15) is 5.10 Å². The Morgan fingerprint density at radius 3 is 2.83 bits per heavy atom. The first kappa shape index (κ1) is 15.6. The number of nitrogens with one attached hydrogen (secondary N) is 2. The molecule has 0 spiro atoms. The van der Waals surface area contributed by atoms with Crippen LogP contribution in [0.4, 0.5) is 25.0 Å². The van der Waals surface area contributed by atoms with Crippen molar-refractivity contribution in [3.05, 3.63) is 48.5 Å². The molecule has 10 heteroatoms. The van der Waals surface area contributed by atoms with Crippen molar-refractivity contribution in [3.63, 3.8) is 0 Å². The molecule has 0 unspecified atom stereocenters. The number of alkyl halides is 2. The molecule has 8 nitrogen and oxygen atoms in total. The number of halogens is 2. The highest BCUT2D eigenvalue weighted by Gasteiger charge is 2.19. The van der Waals surface area contributed by atoms with Crippen LogP contribution in [0.3, 0.4) is 0 Å². The first-order chi connectivity index (χ1) is 11.5. The number of hydrogen-bond acceptors (Lipinski definition) is 4. The Balaban J connectivity index is 1.73. The Labute approximate surface area is 135 Å².